The molecule has 1 atom stereocenters. The Labute approximate surface area is 128 Å². The van der Waals surface area contributed by atoms with Crippen molar-refractivity contribution in [3.63, 3.8) is 0 Å². The number of aromatic hydroxyl groups is 1. The molecule has 3 nitrogen and oxygen atoms in total. The molecule has 3 heteroatoms. The van der Waals surface area contributed by atoms with Crippen molar-refractivity contribution in [3.05, 3.63) is 29.3 Å². The first-order valence-corrected chi connectivity index (χ1v) is 8.60. The van der Waals surface area contributed by atoms with Gasteiger partial charge in [0.1, 0.15) is 5.75 Å². The van der Waals surface area contributed by atoms with Gasteiger partial charge in [0, 0.05) is 6.04 Å². The molecule has 1 aliphatic heterocycles. The lowest BCUT2D eigenvalue weighted by Gasteiger charge is -2.28. The van der Waals surface area contributed by atoms with E-state index < -0.39 is 0 Å². The molecular weight excluding hydrogens is 260 g/mol. The molecule has 1 heterocycles. The summed E-state index contributed by atoms with van der Waals surface area (Å²) in [5, 5.41) is 13.3. The second-order valence-corrected chi connectivity index (χ2v) is 6.54. The number of benzene rings is 1. The summed E-state index contributed by atoms with van der Waals surface area (Å²) in [5.41, 5.74) is 2.73. The third kappa shape index (κ3) is 3.98. The van der Waals surface area contributed by atoms with Crippen LogP contribution in [0.5, 0.6) is 5.75 Å². The van der Waals surface area contributed by atoms with Crippen molar-refractivity contribution in [2.75, 3.05) is 26.2 Å². The van der Waals surface area contributed by atoms with Gasteiger partial charge in [-0.05, 0) is 88.0 Å². The van der Waals surface area contributed by atoms with E-state index in [-0.39, 0.29) is 0 Å². The van der Waals surface area contributed by atoms with Crippen LogP contribution in [0.15, 0.2) is 18.2 Å². The predicted molar refractivity (Wildman–Crippen MR) is 86.7 cm³/mol. The fourth-order valence-corrected chi connectivity index (χ4v) is 3.77. The Morgan fingerprint density at radius 1 is 1.14 bits per heavy atom. The van der Waals surface area contributed by atoms with Crippen LogP contribution in [-0.4, -0.2) is 36.2 Å². The van der Waals surface area contributed by atoms with Gasteiger partial charge in [0.15, 0.2) is 0 Å². The fraction of sp³-hybridized carbons (Fsp3) is 0.667. The van der Waals surface area contributed by atoms with Crippen LogP contribution >= 0.6 is 0 Å². The first-order valence-electron chi connectivity index (χ1n) is 8.60. The predicted octanol–water partition coefficient (Wildman–Crippen LogP) is 3.24. The highest BCUT2D eigenvalue weighted by atomic mass is 16.3. The highest BCUT2D eigenvalue weighted by molar-refractivity contribution is 5.38. The SMILES string of the molecule is Oc1ccc2c(c1)CCCC2NCCCN1CCCCC1. The maximum absolute atomic E-state index is 9.61. The number of piperidine rings is 1. The molecule has 0 spiro atoms. The second kappa shape index (κ2) is 7.28. The standard InChI is InChI=1S/C18H28N2O/c21-16-8-9-17-15(14-16)6-4-7-18(17)19-10-5-13-20-11-2-1-3-12-20/h8-9,14,18-19,21H,1-7,10-13H2. The van der Waals surface area contributed by atoms with Gasteiger partial charge in [0.2, 0.25) is 0 Å². The van der Waals surface area contributed by atoms with Crippen molar-refractivity contribution in [2.24, 2.45) is 0 Å². The normalized spacial score (nSPS) is 23.0. The smallest absolute Gasteiger partial charge is 0.115 e. The number of rotatable bonds is 5. The first kappa shape index (κ1) is 14.9. The number of phenols is 1. The molecule has 2 N–H and O–H groups in total. The minimum atomic E-state index is 0.402. The molecule has 0 radical (unpaired) electrons. The van der Waals surface area contributed by atoms with E-state index in [1.54, 1.807) is 0 Å². The van der Waals surface area contributed by atoms with Crippen LogP contribution in [0, 0.1) is 0 Å². The molecular formula is C18H28N2O. The van der Waals surface area contributed by atoms with Gasteiger partial charge in [-0.2, -0.15) is 0 Å². The van der Waals surface area contributed by atoms with Crippen LogP contribution in [0.1, 0.15) is 55.7 Å². The summed E-state index contributed by atoms with van der Waals surface area (Å²) in [4.78, 5) is 2.61. The Balaban J connectivity index is 1.46. The maximum Gasteiger partial charge on any atom is 0.115 e. The van der Waals surface area contributed by atoms with Crippen molar-refractivity contribution < 1.29 is 5.11 Å². The van der Waals surface area contributed by atoms with Crippen LogP contribution in [0.2, 0.25) is 0 Å². The summed E-state index contributed by atoms with van der Waals surface area (Å²) in [7, 11) is 0. The average Bonchev–Trinajstić information content (AvgIpc) is 2.52. The number of hydrogen-bond acceptors (Lipinski definition) is 3. The molecule has 3 rings (SSSR count). The van der Waals surface area contributed by atoms with Gasteiger partial charge in [-0.25, -0.2) is 0 Å². The average molecular weight is 288 g/mol. The van der Waals surface area contributed by atoms with E-state index in [0.717, 1.165) is 13.0 Å². The molecule has 0 saturated carbocycles. The number of aryl methyl sites for hydroxylation is 1. The highest BCUT2D eigenvalue weighted by Gasteiger charge is 2.19. The topological polar surface area (TPSA) is 35.5 Å². The minimum Gasteiger partial charge on any atom is -0.508 e. The van der Waals surface area contributed by atoms with Gasteiger partial charge >= 0.3 is 0 Å². The molecule has 21 heavy (non-hydrogen) atoms. The molecule has 1 saturated heterocycles. The summed E-state index contributed by atoms with van der Waals surface area (Å²) in [5.74, 6) is 0.402. The Kier molecular flexibility index (Phi) is 5.15. The largest absolute Gasteiger partial charge is 0.508 e. The Morgan fingerprint density at radius 3 is 2.86 bits per heavy atom. The number of phenolic OH excluding ortho intramolecular Hbond substituents is 1. The van der Waals surface area contributed by atoms with Gasteiger partial charge < -0.3 is 15.3 Å². The van der Waals surface area contributed by atoms with E-state index in [2.05, 4.69) is 16.3 Å². The molecule has 1 aromatic rings. The zero-order chi connectivity index (χ0) is 14.5. The van der Waals surface area contributed by atoms with Crippen LogP contribution in [0.4, 0.5) is 0 Å². The van der Waals surface area contributed by atoms with Gasteiger partial charge in [-0.3, -0.25) is 0 Å². The van der Waals surface area contributed by atoms with E-state index in [0.29, 0.717) is 11.8 Å². The molecule has 1 aromatic carbocycles. The molecule has 0 amide bonds. The molecule has 1 fully saturated rings. The van der Waals surface area contributed by atoms with Crippen LogP contribution < -0.4 is 5.32 Å². The summed E-state index contributed by atoms with van der Waals surface area (Å²) >= 11 is 0. The lowest BCUT2D eigenvalue weighted by atomic mass is 9.87. The third-order valence-electron chi connectivity index (χ3n) is 4.93. The van der Waals surface area contributed by atoms with Gasteiger partial charge in [0.05, 0.1) is 0 Å². The van der Waals surface area contributed by atoms with Gasteiger partial charge in [0.25, 0.3) is 0 Å². The zero-order valence-corrected chi connectivity index (χ0v) is 13.0. The van der Waals surface area contributed by atoms with Crippen molar-refractivity contribution in [1.29, 1.82) is 0 Å². The summed E-state index contributed by atoms with van der Waals surface area (Å²) in [6.07, 6.45) is 8.97. The van der Waals surface area contributed by atoms with Gasteiger partial charge in [-0.15, -0.1) is 0 Å². The van der Waals surface area contributed by atoms with E-state index in [4.69, 9.17) is 0 Å². The lowest BCUT2D eigenvalue weighted by molar-refractivity contribution is 0.224. The van der Waals surface area contributed by atoms with E-state index >= 15 is 0 Å². The van der Waals surface area contributed by atoms with E-state index in [1.807, 2.05) is 12.1 Å². The molecule has 0 bridgehead atoms. The number of nitrogens with one attached hydrogen (secondary N) is 1. The van der Waals surface area contributed by atoms with E-state index in [1.165, 1.54) is 69.3 Å². The first-order chi connectivity index (χ1) is 10.3. The van der Waals surface area contributed by atoms with Crippen molar-refractivity contribution in [3.8, 4) is 5.75 Å². The molecule has 1 unspecified atom stereocenters. The quantitative estimate of drug-likeness (QED) is 0.817. The Morgan fingerprint density at radius 2 is 2.00 bits per heavy atom. The van der Waals surface area contributed by atoms with Crippen molar-refractivity contribution >= 4 is 0 Å². The summed E-state index contributed by atoms with van der Waals surface area (Å²) in [6.45, 7) is 4.93. The zero-order valence-electron chi connectivity index (χ0n) is 13.0. The second-order valence-electron chi connectivity index (χ2n) is 6.54. The van der Waals surface area contributed by atoms with Crippen LogP contribution in [0.25, 0.3) is 0 Å². The monoisotopic (exact) mass is 288 g/mol. The maximum atomic E-state index is 9.61. The fourth-order valence-electron chi connectivity index (χ4n) is 3.77. The number of fused-ring (bicyclic) bond motifs is 1. The molecule has 2 aliphatic rings. The molecule has 1 aliphatic carbocycles. The van der Waals surface area contributed by atoms with Crippen LogP contribution in [-0.2, 0) is 6.42 Å². The third-order valence-corrected chi connectivity index (χ3v) is 4.93. The summed E-state index contributed by atoms with van der Waals surface area (Å²) in [6, 6.07) is 6.35. The minimum absolute atomic E-state index is 0.402. The molecule has 0 aromatic heterocycles. The molecule has 116 valence electrons. The van der Waals surface area contributed by atoms with Gasteiger partial charge in [-0.1, -0.05) is 12.5 Å². The summed E-state index contributed by atoms with van der Waals surface area (Å²) < 4.78 is 0. The number of nitrogens with zero attached hydrogens (tertiary/aromatic N) is 1. The highest BCUT2D eigenvalue weighted by Crippen LogP contribution is 2.31. The Bertz CT molecular complexity index is 455. The van der Waals surface area contributed by atoms with Crippen molar-refractivity contribution in [2.45, 2.75) is 51.0 Å². The van der Waals surface area contributed by atoms with E-state index in [9.17, 15) is 5.11 Å². The number of likely N-dealkylation sites (tertiary alicyclic amines) is 1. The Hall–Kier alpha value is -1.06. The van der Waals surface area contributed by atoms with Crippen molar-refractivity contribution in [1.82, 2.24) is 10.2 Å². The van der Waals surface area contributed by atoms with Crippen LogP contribution in [0.3, 0.4) is 0 Å². The lowest BCUT2D eigenvalue weighted by Crippen LogP contribution is -2.33. The number of hydrogen-bond donors (Lipinski definition) is 2.